The largest absolute Gasteiger partial charge is 0.456 e. The highest BCUT2D eigenvalue weighted by Crippen LogP contribution is 2.32. The molecular weight excluding hydrogens is 412 g/mol. The van der Waals surface area contributed by atoms with Crippen LogP contribution in [0.1, 0.15) is 99.5 Å². The van der Waals surface area contributed by atoms with E-state index < -0.39 is 5.85 Å². The van der Waals surface area contributed by atoms with Crippen molar-refractivity contribution in [1.82, 2.24) is 0 Å². The maximum absolute atomic E-state index is 6.27. The van der Waals surface area contributed by atoms with Crippen LogP contribution in [0.5, 0.6) is 5.75 Å². The highest BCUT2D eigenvalue weighted by Gasteiger charge is 2.26. The topological polar surface area (TPSA) is 61.3 Å². The van der Waals surface area contributed by atoms with Crippen molar-refractivity contribution in [2.75, 3.05) is 0 Å². The third kappa shape index (κ3) is 13.3. The molecule has 2 rings (SSSR count). The molecule has 0 amide bonds. The third-order valence-corrected chi connectivity index (χ3v) is 5.59. The molecule has 4 heteroatoms. The van der Waals surface area contributed by atoms with E-state index in [0.29, 0.717) is 16.9 Å². The van der Waals surface area contributed by atoms with E-state index in [4.69, 9.17) is 16.2 Å². The number of thiol groups is 1. The minimum absolute atomic E-state index is 0.564. The van der Waals surface area contributed by atoms with Gasteiger partial charge in [0.25, 0.3) is 0 Å². The van der Waals surface area contributed by atoms with Crippen LogP contribution in [-0.4, -0.2) is 11.1 Å². The lowest BCUT2D eigenvalue weighted by molar-refractivity contribution is 0.119. The molecule has 1 aliphatic carbocycles. The van der Waals surface area contributed by atoms with Crippen LogP contribution in [-0.2, 0) is 0 Å². The Morgan fingerprint density at radius 1 is 0.969 bits per heavy atom. The fraction of sp³-hybridized carbons (Fsp3) is 0.643. The first-order chi connectivity index (χ1) is 15.2. The summed E-state index contributed by atoms with van der Waals surface area (Å²) in [6.07, 6.45) is 11.0. The maximum atomic E-state index is 6.27. The summed E-state index contributed by atoms with van der Waals surface area (Å²) in [5.74, 6) is 0.0206. The van der Waals surface area contributed by atoms with Gasteiger partial charge in [0.05, 0.1) is 0 Å². The van der Waals surface area contributed by atoms with Crippen molar-refractivity contribution >= 4 is 12.6 Å². The van der Waals surface area contributed by atoms with Crippen LogP contribution < -0.4 is 16.2 Å². The normalized spacial score (nSPS) is 18.8. The molecule has 3 nitrogen and oxygen atoms in total. The number of allylic oxidation sites excluding steroid dienone is 3. The molecule has 0 spiro atoms. The zero-order valence-electron chi connectivity index (χ0n) is 22.4. The second kappa shape index (κ2) is 19.3. The molecule has 1 aliphatic rings. The number of benzene rings is 1. The maximum Gasteiger partial charge on any atom is 0.236 e. The zero-order valence-corrected chi connectivity index (χ0v) is 23.3. The summed E-state index contributed by atoms with van der Waals surface area (Å²) < 4.78 is 5.85. The van der Waals surface area contributed by atoms with Gasteiger partial charge in [-0.1, -0.05) is 90.3 Å². The van der Waals surface area contributed by atoms with Crippen LogP contribution in [0.3, 0.4) is 0 Å². The molecule has 1 fully saturated rings. The molecule has 1 saturated carbocycles. The van der Waals surface area contributed by atoms with E-state index in [9.17, 15) is 0 Å². The van der Waals surface area contributed by atoms with Gasteiger partial charge in [-0.15, -0.1) is 0 Å². The van der Waals surface area contributed by atoms with E-state index in [1.807, 2.05) is 71.9 Å². The molecule has 0 saturated heterocycles. The molecule has 0 aliphatic heterocycles. The van der Waals surface area contributed by atoms with Crippen LogP contribution in [0.4, 0.5) is 0 Å². The van der Waals surface area contributed by atoms with E-state index >= 15 is 0 Å². The Morgan fingerprint density at radius 2 is 1.44 bits per heavy atom. The molecule has 0 unspecified atom stereocenters. The van der Waals surface area contributed by atoms with Gasteiger partial charge < -0.3 is 4.74 Å². The molecule has 0 aromatic heterocycles. The number of hydrogen-bond donors (Lipinski definition) is 3. The van der Waals surface area contributed by atoms with Crippen molar-refractivity contribution in [3.8, 4) is 5.75 Å². The molecule has 1 aromatic carbocycles. The van der Waals surface area contributed by atoms with Gasteiger partial charge in [0.1, 0.15) is 5.75 Å². The van der Waals surface area contributed by atoms with Crippen LogP contribution >= 0.6 is 12.6 Å². The summed E-state index contributed by atoms with van der Waals surface area (Å²) in [6, 6.07) is 7.77. The Kier molecular flexibility index (Phi) is 19.8. The molecule has 32 heavy (non-hydrogen) atoms. The second-order valence-electron chi connectivity index (χ2n) is 7.88. The van der Waals surface area contributed by atoms with E-state index in [0.717, 1.165) is 12.0 Å². The minimum atomic E-state index is -1.30. The van der Waals surface area contributed by atoms with Crippen LogP contribution in [0.15, 0.2) is 47.6 Å². The van der Waals surface area contributed by atoms with Gasteiger partial charge in [0.15, 0.2) is 0 Å². The first-order valence-corrected chi connectivity index (χ1v) is 13.1. The number of hydrogen-bond acceptors (Lipinski definition) is 4. The Morgan fingerprint density at radius 3 is 1.88 bits per heavy atom. The molecule has 0 bridgehead atoms. The van der Waals surface area contributed by atoms with Crippen LogP contribution in [0.25, 0.3) is 0 Å². The smallest absolute Gasteiger partial charge is 0.236 e. The molecule has 1 aromatic rings. The fourth-order valence-electron chi connectivity index (χ4n) is 3.29. The fourth-order valence-corrected chi connectivity index (χ4v) is 3.59. The number of rotatable bonds is 6. The summed E-state index contributed by atoms with van der Waals surface area (Å²) in [6.45, 7) is 18.5. The van der Waals surface area contributed by atoms with E-state index in [2.05, 4.69) is 39.5 Å². The summed E-state index contributed by atoms with van der Waals surface area (Å²) in [5.41, 5.74) is 16.0. The van der Waals surface area contributed by atoms with Crippen molar-refractivity contribution in [3.05, 3.63) is 53.1 Å². The van der Waals surface area contributed by atoms with Crippen molar-refractivity contribution in [2.45, 2.75) is 112 Å². The Labute approximate surface area is 205 Å². The van der Waals surface area contributed by atoms with Crippen LogP contribution in [0, 0.1) is 12.8 Å². The minimum Gasteiger partial charge on any atom is -0.456 e. The average Bonchev–Trinajstić information content (AvgIpc) is 2.79. The van der Waals surface area contributed by atoms with Crippen molar-refractivity contribution in [2.24, 2.45) is 17.4 Å². The van der Waals surface area contributed by atoms with Gasteiger partial charge in [0, 0.05) is 10.8 Å². The Balaban J connectivity index is 0. The number of ether oxygens (including phenoxy) is 1. The first kappa shape index (κ1) is 32.9. The SMILES string of the molecule is CC.CC.CC/C(=C\C=C(/C)C1CCC(S)CC1)C(N)(N)Oc1ccc(C)cc1.CCC. The molecule has 0 heterocycles. The Hall–Kier alpha value is -1.23. The van der Waals surface area contributed by atoms with Gasteiger partial charge in [-0.25, -0.2) is 0 Å². The summed E-state index contributed by atoms with van der Waals surface area (Å²) in [4.78, 5) is 0. The van der Waals surface area contributed by atoms with Crippen molar-refractivity contribution < 1.29 is 4.74 Å². The highest BCUT2D eigenvalue weighted by molar-refractivity contribution is 7.80. The lowest BCUT2D eigenvalue weighted by Gasteiger charge is -2.29. The van der Waals surface area contributed by atoms with E-state index in [-0.39, 0.29) is 0 Å². The monoisotopic (exact) mass is 464 g/mol. The zero-order chi connectivity index (χ0) is 25.2. The molecule has 4 N–H and O–H groups in total. The van der Waals surface area contributed by atoms with Gasteiger partial charge in [-0.05, 0) is 64.0 Å². The van der Waals surface area contributed by atoms with E-state index in [1.165, 1.54) is 43.2 Å². The quantitative estimate of drug-likeness (QED) is 0.226. The first-order valence-electron chi connectivity index (χ1n) is 12.6. The van der Waals surface area contributed by atoms with Gasteiger partial charge in [-0.2, -0.15) is 12.6 Å². The third-order valence-electron chi connectivity index (χ3n) is 5.08. The molecule has 0 atom stereocenters. The van der Waals surface area contributed by atoms with Gasteiger partial charge in [-0.3, -0.25) is 11.5 Å². The second-order valence-corrected chi connectivity index (χ2v) is 8.61. The Bertz CT molecular complexity index is 627. The summed E-state index contributed by atoms with van der Waals surface area (Å²) >= 11 is 4.58. The van der Waals surface area contributed by atoms with Crippen LogP contribution in [0.2, 0.25) is 0 Å². The number of nitrogens with two attached hydrogens (primary N) is 2. The predicted octanol–water partition coefficient (Wildman–Crippen LogP) is 8.19. The average molecular weight is 465 g/mol. The lowest BCUT2D eigenvalue weighted by Crippen LogP contribution is -2.56. The molecule has 0 radical (unpaired) electrons. The standard InChI is InChI=1S/C21H32N2OS.C3H8.2C2H6/c1-4-18(10-7-16(3)17-8-13-20(25)14-9-17)21(22,23)24-19-11-5-15(2)6-12-19;1-3-2;2*1-2/h5-7,10-12,17,20,25H,4,8-9,13-14,22-23H2,1-3H3;3H2,1-2H3;2*1-2H3/b16-7+,18-10+;;;. The predicted molar refractivity (Wildman–Crippen MR) is 148 cm³/mol. The molecular formula is C28H52N2OS. The lowest BCUT2D eigenvalue weighted by atomic mass is 9.84. The highest BCUT2D eigenvalue weighted by atomic mass is 32.1. The van der Waals surface area contributed by atoms with Crippen molar-refractivity contribution in [1.29, 1.82) is 0 Å². The van der Waals surface area contributed by atoms with E-state index in [1.54, 1.807) is 0 Å². The van der Waals surface area contributed by atoms with Crippen molar-refractivity contribution in [3.63, 3.8) is 0 Å². The molecule has 186 valence electrons. The van der Waals surface area contributed by atoms with Gasteiger partial charge >= 0.3 is 0 Å². The van der Waals surface area contributed by atoms with Gasteiger partial charge in [0.2, 0.25) is 5.85 Å². The summed E-state index contributed by atoms with van der Waals surface area (Å²) in [7, 11) is 0. The summed E-state index contributed by atoms with van der Waals surface area (Å²) in [5, 5.41) is 0.564. The number of aryl methyl sites for hydroxylation is 1.